The first kappa shape index (κ1) is 16.6. The van der Waals surface area contributed by atoms with Crippen molar-refractivity contribution in [3.8, 4) is 11.5 Å². The molecule has 0 saturated carbocycles. The number of nitrogens with one attached hydrogen (secondary N) is 2. The Kier molecular flexibility index (Phi) is 5.41. The molecule has 1 saturated heterocycles. The van der Waals surface area contributed by atoms with E-state index in [1.54, 1.807) is 24.0 Å². The number of quaternary nitrogens is 3. The Morgan fingerprint density at radius 2 is 1.91 bits per heavy atom. The quantitative estimate of drug-likeness (QED) is 0.588. The Bertz CT molecular complexity index is 510. The lowest BCUT2D eigenvalue weighted by Crippen LogP contribution is -3.29. The van der Waals surface area contributed by atoms with Gasteiger partial charge in [0.05, 0.1) is 26.3 Å². The fraction of sp³-hybridized carbons (Fsp3) is 0.667. The average Bonchev–Trinajstić information content (AvgIpc) is 2.61. The molecule has 0 unspecified atom stereocenters. The molecule has 1 aromatic rings. The monoisotopic (exact) mass is 322 g/mol. The van der Waals surface area contributed by atoms with Crippen molar-refractivity contribution in [1.82, 2.24) is 0 Å². The van der Waals surface area contributed by atoms with Crippen LogP contribution in [0, 0.1) is 0 Å². The Labute approximate surface area is 139 Å². The number of hydrogen-bond donors (Lipinski definition) is 3. The summed E-state index contributed by atoms with van der Waals surface area (Å²) >= 11 is 0. The SMILES string of the molecule is CCC[NH+]1CC[NH+]([C@@H]2C[NH2+]Cc3cc(OC)cc(OC)c32)CC1. The number of piperazine rings is 1. The minimum Gasteiger partial charge on any atom is -0.497 e. The molecule has 4 N–H and O–H groups in total. The minimum absolute atomic E-state index is 0.544. The summed E-state index contributed by atoms with van der Waals surface area (Å²) in [5, 5.41) is 2.43. The maximum absolute atomic E-state index is 5.72. The predicted molar refractivity (Wildman–Crippen MR) is 89.3 cm³/mol. The van der Waals surface area contributed by atoms with Gasteiger partial charge in [0.15, 0.2) is 6.04 Å². The molecule has 2 aliphatic rings. The van der Waals surface area contributed by atoms with Crippen LogP contribution in [-0.2, 0) is 6.54 Å². The van der Waals surface area contributed by atoms with Crippen LogP contribution in [0.5, 0.6) is 11.5 Å². The molecule has 0 aromatic heterocycles. The highest BCUT2D eigenvalue weighted by Crippen LogP contribution is 2.33. The van der Waals surface area contributed by atoms with E-state index in [2.05, 4.69) is 24.4 Å². The molecule has 2 aliphatic heterocycles. The van der Waals surface area contributed by atoms with Crippen LogP contribution in [0.2, 0.25) is 0 Å². The van der Waals surface area contributed by atoms with Gasteiger partial charge >= 0.3 is 0 Å². The Hall–Kier alpha value is -1.30. The molecule has 2 heterocycles. The Morgan fingerprint density at radius 1 is 1.13 bits per heavy atom. The third-order valence-electron chi connectivity index (χ3n) is 5.47. The van der Waals surface area contributed by atoms with Crippen molar-refractivity contribution >= 4 is 0 Å². The van der Waals surface area contributed by atoms with E-state index in [0.29, 0.717) is 6.04 Å². The topological polar surface area (TPSA) is 44.0 Å². The number of ether oxygens (including phenoxy) is 2. The Balaban J connectivity index is 1.81. The van der Waals surface area contributed by atoms with Gasteiger partial charge in [0.25, 0.3) is 0 Å². The van der Waals surface area contributed by atoms with Crippen molar-refractivity contribution < 1.29 is 24.6 Å². The molecule has 1 atom stereocenters. The van der Waals surface area contributed by atoms with E-state index in [1.165, 1.54) is 50.3 Å². The third kappa shape index (κ3) is 3.47. The van der Waals surface area contributed by atoms with Gasteiger partial charge in [-0.1, -0.05) is 6.92 Å². The molecule has 0 spiro atoms. The first-order chi connectivity index (χ1) is 11.3. The van der Waals surface area contributed by atoms with Gasteiger partial charge in [0.2, 0.25) is 0 Å². The summed E-state index contributed by atoms with van der Waals surface area (Å²) in [6.45, 7) is 10.9. The molecular formula is C18H32N3O2+3. The molecule has 128 valence electrons. The number of fused-ring (bicyclic) bond motifs is 1. The minimum atomic E-state index is 0.544. The van der Waals surface area contributed by atoms with Crippen LogP contribution in [0.25, 0.3) is 0 Å². The Morgan fingerprint density at radius 3 is 2.57 bits per heavy atom. The molecule has 0 aliphatic carbocycles. The lowest BCUT2D eigenvalue weighted by Gasteiger charge is -2.36. The largest absolute Gasteiger partial charge is 0.497 e. The molecule has 1 fully saturated rings. The van der Waals surface area contributed by atoms with Crippen molar-refractivity contribution in [2.75, 3.05) is 53.5 Å². The van der Waals surface area contributed by atoms with Crippen LogP contribution < -0.4 is 24.6 Å². The van der Waals surface area contributed by atoms with Gasteiger partial charge in [-0.05, 0) is 12.5 Å². The fourth-order valence-electron chi connectivity index (χ4n) is 4.28. The van der Waals surface area contributed by atoms with Crippen molar-refractivity contribution in [3.63, 3.8) is 0 Å². The molecule has 5 nitrogen and oxygen atoms in total. The molecule has 0 amide bonds. The zero-order chi connectivity index (χ0) is 16.2. The first-order valence-corrected chi connectivity index (χ1v) is 9.01. The third-order valence-corrected chi connectivity index (χ3v) is 5.47. The number of rotatable bonds is 5. The smallest absolute Gasteiger partial charge is 0.167 e. The van der Waals surface area contributed by atoms with Crippen LogP contribution in [0.3, 0.4) is 0 Å². The lowest BCUT2D eigenvalue weighted by molar-refractivity contribution is -1.03. The van der Waals surface area contributed by atoms with Gasteiger partial charge in [0, 0.05) is 11.6 Å². The molecular weight excluding hydrogens is 290 g/mol. The number of benzene rings is 1. The second kappa shape index (κ2) is 7.51. The van der Waals surface area contributed by atoms with Crippen molar-refractivity contribution in [1.29, 1.82) is 0 Å². The average molecular weight is 322 g/mol. The second-order valence-electron chi connectivity index (χ2n) is 6.84. The highest BCUT2D eigenvalue weighted by Gasteiger charge is 2.37. The summed E-state index contributed by atoms with van der Waals surface area (Å²) in [6.07, 6.45) is 1.29. The first-order valence-electron chi connectivity index (χ1n) is 9.01. The van der Waals surface area contributed by atoms with Gasteiger partial charge in [-0.15, -0.1) is 0 Å². The number of nitrogens with two attached hydrogens (primary N) is 1. The van der Waals surface area contributed by atoms with Crippen molar-refractivity contribution in [2.45, 2.75) is 25.9 Å². The van der Waals surface area contributed by atoms with E-state index in [0.717, 1.165) is 24.6 Å². The van der Waals surface area contributed by atoms with Crippen molar-refractivity contribution in [2.24, 2.45) is 0 Å². The fourth-order valence-corrected chi connectivity index (χ4v) is 4.28. The van der Waals surface area contributed by atoms with E-state index in [9.17, 15) is 0 Å². The number of methoxy groups -OCH3 is 2. The van der Waals surface area contributed by atoms with E-state index in [-0.39, 0.29) is 0 Å². The van der Waals surface area contributed by atoms with Crippen LogP contribution in [0.1, 0.15) is 30.5 Å². The van der Waals surface area contributed by atoms with Gasteiger partial charge in [-0.3, -0.25) is 0 Å². The zero-order valence-electron chi connectivity index (χ0n) is 14.8. The summed E-state index contributed by atoms with van der Waals surface area (Å²) in [6, 6.07) is 4.79. The normalized spacial score (nSPS) is 27.3. The molecule has 0 bridgehead atoms. The lowest BCUT2D eigenvalue weighted by atomic mass is 9.93. The predicted octanol–water partition coefficient (Wildman–Crippen LogP) is -1.98. The van der Waals surface area contributed by atoms with Crippen LogP contribution in [0.4, 0.5) is 0 Å². The van der Waals surface area contributed by atoms with Gasteiger partial charge in [-0.25, -0.2) is 0 Å². The molecule has 23 heavy (non-hydrogen) atoms. The van der Waals surface area contributed by atoms with E-state index >= 15 is 0 Å². The maximum atomic E-state index is 5.72. The summed E-state index contributed by atoms with van der Waals surface area (Å²) in [7, 11) is 3.51. The molecule has 0 radical (unpaired) electrons. The summed E-state index contributed by atoms with van der Waals surface area (Å²) in [4.78, 5) is 3.50. The highest BCUT2D eigenvalue weighted by molar-refractivity contribution is 5.48. The zero-order valence-corrected chi connectivity index (χ0v) is 14.8. The van der Waals surface area contributed by atoms with Crippen LogP contribution in [-0.4, -0.2) is 53.5 Å². The standard InChI is InChI=1S/C18H29N3O2/c1-4-5-20-6-8-21(9-7-20)16-13-19-12-14-10-15(22-2)11-17(23-3)18(14)16/h10-11,16,19H,4-9,12-13H2,1-3H3/p+3/t16-/m1/s1. The van der Waals surface area contributed by atoms with E-state index in [1.807, 2.05) is 0 Å². The summed E-state index contributed by atoms with van der Waals surface area (Å²) < 4.78 is 11.2. The molecule has 5 heteroatoms. The molecule has 1 aromatic carbocycles. The van der Waals surface area contributed by atoms with E-state index in [4.69, 9.17) is 9.47 Å². The number of hydrogen-bond acceptors (Lipinski definition) is 2. The van der Waals surface area contributed by atoms with Gasteiger partial charge < -0.3 is 24.6 Å². The van der Waals surface area contributed by atoms with Gasteiger partial charge in [-0.2, -0.15) is 0 Å². The van der Waals surface area contributed by atoms with Gasteiger partial charge in [0.1, 0.15) is 50.8 Å². The van der Waals surface area contributed by atoms with Crippen molar-refractivity contribution in [3.05, 3.63) is 23.3 Å². The molecule has 3 rings (SSSR count). The van der Waals surface area contributed by atoms with Crippen LogP contribution in [0.15, 0.2) is 12.1 Å². The summed E-state index contributed by atoms with van der Waals surface area (Å²) in [5.41, 5.74) is 2.80. The maximum Gasteiger partial charge on any atom is 0.167 e. The summed E-state index contributed by atoms with van der Waals surface area (Å²) in [5.74, 6) is 1.91. The highest BCUT2D eigenvalue weighted by atomic mass is 16.5. The van der Waals surface area contributed by atoms with Crippen LogP contribution >= 0.6 is 0 Å². The second-order valence-corrected chi connectivity index (χ2v) is 6.84. The van der Waals surface area contributed by atoms with E-state index < -0.39 is 0 Å².